The Kier molecular flexibility index (Phi) is 5.53. The number of halogens is 3. The van der Waals surface area contributed by atoms with Gasteiger partial charge in [0, 0.05) is 20.1 Å². The van der Waals surface area contributed by atoms with E-state index in [1.54, 1.807) is 19.1 Å². The number of amides is 2. The first-order chi connectivity index (χ1) is 11.2. The van der Waals surface area contributed by atoms with Gasteiger partial charge in [0.1, 0.15) is 5.82 Å². The molecule has 6 nitrogen and oxygen atoms in total. The molecule has 134 valence electrons. The second-order valence-electron chi connectivity index (χ2n) is 5.86. The Balaban J connectivity index is 1.98. The third-order valence-electron chi connectivity index (χ3n) is 3.91. The Bertz CT molecular complexity index is 589. The van der Waals surface area contributed by atoms with Crippen molar-refractivity contribution in [2.45, 2.75) is 32.0 Å². The Hall–Kier alpha value is -2.03. The monoisotopic (exact) mass is 346 g/mol. The van der Waals surface area contributed by atoms with Gasteiger partial charge in [0.05, 0.1) is 17.9 Å². The van der Waals surface area contributed by atoms with Gasteiger partial charge in [0.15, 0.2) is 6.10 Å². The summed E-state index contributed by atoms with van der Waals surface area (Å²) in [7, 11) is 1.19. The van der Waals surface area contributed by atoms with Gasteiger partial charge in [0.25, 0.3) is 0 Å². The molecule has 0 aromatic carbocycles. The molecule has 1 aromatic heterocycles. The predicted octanol–water partition coefficient (Wildman–Crippen LogP) is 2.38. The van der Waals surface area contributed by atoms with E-state index in [0.717, 1.165) is 36.6 Å². The van der Waals surface area contributed by atoms with Crippen molar-refractivity contribution in [2.24, 2.45) is 0 Å². The molecule has 1 unspecified atom stereocenters. The van der Waals surface area contributed by atoms with Gasteiger partial charge in [-0.15, -0.1) is 0 Å². The summed E-state index contributed by atoms with van der Waals surface area (Å²) in [6.07, 6.45) is -5.11. The highest BCUT2D eigenvalue weighted by molar-refractivity contribution is 5.89. The number of aliphatic hydroxyl groups is 1. The van der Waals surface area contributed by atoms with Crippen molar-refractivity contribution in [1.29, 1.82) is 0 Å². The zero-order chi connectivity index (χ0) is 17.9. The largest absolute Gasteiger partial charge is 0.416 e. The molecular weight excluding hydrogens is 325 g/mol. The van der Waals surface area contributed by atoms with Gasteiger partial charge in [-0.2, -0.15) is 13.2 Å². The smallest absolute Gasteiger partial charge is 0.382 e. The number of anilines is 2. The van der Waals surface area contributed by atoms with E-state index in [1.807, 2.05) is 0 Å². The molecule has 0 aliphatic carbocycles. The third kappa shape index (κ3) is 4.50. The minimum absolute atomic E-state index is 0.427. The number of alkyl halides is 3. The van der Waals surface area contributed by atoms with E-state index in [2.05, 4.69) is 15.2 Å². The molecule has 2 rings (SSSR count). The molecule has 2 heterocycles. The van der Waals surface area contributed by atoms with Crippen LogP contribution in [0.2, 0.25) is 0 Å². The molecule has 0 bridgehead atoms. The highest BCUT2D eigenvalue weighted by atomic mass is 19.4. The molecule has 1 aliphatic heterocycles. The van der Waals surface area contributed by atoms with Crippen LogP contribution >= 0.6 is 0 Å². The first kappa shape index (κ1) is 18.3. The number of aliphatic hydroxyl groups excluding tert-OH is 1. The van der Waals surface area contributed by atoms with E-state index in [9.17, 15) is 18.0 Å². The van der Waals surface area contributed by atoms with Gasteiger partial charge in [-0.1, -0.05) is 0 Å². The average Bonchev–Trinajstić information content (AvgIpc) is 3.02. The first-order valence-electron chi connectivity index (χ1n) is 7.68. The van der Waals surface area contributed by atoms with Crippen LogP contribution in [-0.4, -0.2) is 60.0 Å². The lowest BCUT2D eigenvalue weighted by atomic mass is 10.3. The molecule has 1 atom stereocenters. The highest BCUT2D eigenvalue weighted by Gasteiger charge is 2.39. The Morgan fingerprint density at radius 1 is 1.42 bits per heavy atom. The lowest BCUT2D eigenvalue weighted by molar-refractivity contribution is -0.205. The number of rotatable bonds is 4. The summed E-state index contributed by atoms with van der Waals surface area (Å²) in [5.74, 6) is 0.823. The van der Waals surface area contributed by atoms with Crippen molar-refractivity contribution >= 4 is 17.5 Å². The number of pyridine rings is 1. The summed E-state index contributed by atoms with van der Waals surface area (Å²) in [6.45, 7) is 2.76. The molecule has 1 fully saturated rings. The van der Waals surface area contributed by atoms with Crippen molar-refractivity contribution in [3.63, 3.8) is 0 Å². The molecule has 9 heteroatoms. The van der Waals surface area contributed by atoms with E-state index >= 15 is 0 Å². The average molecular weight is 346 g/mol. The van der Waals surface area contributed by atoms with Crippen molar-refractivity contribution in [3.8, 4) is 0 Å². The van der Waals surface area contributed by atoms with Gasteiger partial charge in [-0.25, -0.2) is 9.78 Å². The zero-order valence-electron chi connectivity index (χ0n) is 13.6. The number of hydrogen-bond acceptors (Lipinski definition) is 4. The van der Waals surface area contributed by atoms with Crippen LogP contribution in [0.3, 0.4) is 0 Å². The number of aryl methyl sites for hydroxylation is 1. The maximum atomic E-state index is 12.3. The number of hydrogen-bond donors (Lipinski definition) is 2. The van der Waals surface area contributed by atoms with Crippen LogP contribution < -0.4 is 10.2 Å². The van der Waals surface area contributed by atoms with Crippen LogP contribution in [-0.2, 0) is 0 Å². The fourth-order valence-corrected chi connectivity index (χ4v) is 2.46. The highest BCUT2D eigenvalue weighted by Crippen LogP contribution is 2.23. The number of likely N-dealkylation sites (N-methyl/N-ethyl adjacent to an activating group) is 1. The summed E-state index contributed by atoms with van der Waals surface area (Å²) in [4.78, 5) is 19.3. The van der Waals surface area contributed by atoms with E-state index in [-0.39, 0.29) is 0 Å². The zero-order valence-corrected chi connectivity index (χ0v) is 13.6. The molecule has 0 saturated carbocycles. The molecule has 1 saturated heterocycles. The topological polar surface area (TPSA) is 68.7 Å². The molecule has 0 radical (unpaired) electrons. The SMILES string of the molecule is Cc1nc(N2CCCC2)ccc1NC(=O)N(C)CC(O)C(F)(F)F. The van der Waals surface area contributed by atoms with E-state index in [4.69, 9.17) is 5.11 Å². The molecule has 2 amide bonds. The maximum Gasteiger partial charge on any atom is 0.416 e. The van der Waals surface area contributed by atoms with Gasteiger partial charge in [0.2, 0.25) is 0 Å². The Morgan fingerprint density at radius 2 is 2.04 bits per heavy atom. The summed E-state index contributed by atoms with van der Waals surface area (Å²) in [6, 6.07) is 2.72. The Labute approximate surface area is 138 Å². The van der Waals surface area contributed by atoms with Crippen LogP contribution in [0.4, 0.5) is 29.5 Å². The number of nitrogens with zero attached hydrogens (tertiary/aromatic N) is 3. The lowest BCUT2D eigenvalue weighted by Gasteiger charge is -2.23. The van der Waals surface area contributed by atoms with Crippen LogP contribution in [0.1, 0.15) is 18.5 Å². The number of urea groups is 1. The summed E-state index contributed by atoms with van der Waals surface area (Å²) in [5, 5.41) is 11.5. The van der Waals surface area contributed by atoms with Crippen LogP contribution in [0.15, 0.2) is 12.1 Å². The quantitative estimate of drug-likeness (QED) is 0.878. The standard InChI is InChI=1S/C15H21F3N4O2/c1-10-11(5-6-13(19-10)22-7-3-4-8-22)20-14(24)21(2)9-12(23)15(16,17)18/h5-6,12,23H,3-4,7-9H2,1-2H3,(H,20,24). The fourth-order valence-electron chi connectivity index (χ4n) is 2.46. The van der Waals surface area contributed by atoms with E-state index < -0.39 is 24.9 Å². The van der Waals surface area contributed by atoms with E-state index in [1.165, 1.54) is 7.05 Å². The van der Waals surface area contributed by atoms with Crippen molar-refractivity contribution in [2.75, 3.05) is 36.9 Å². The van der Waals surface area contributed by atoms with Crippen molar-refractivity contribution in [3.05, 3.63) is 17.8 Å². The van der Waals surface area contributed by atoms with Gasteiger partial charge >= 0.3 is 12.2 Å². The minimum Gasteiger partial charge on any atom is -0.382 e. The molecular formula is C15H21F3N4O2. The normalized spacial score (nSPS) is 16.2. The lowest BCUT2D eigenvalue weighted by Crippen LogP contribution is -2.43. The fraction of sp³-hybridized carbons (Fsp3) is 0.600. The van der Waals surface area contributed by atoms with Crippen LogP contribution in [0, 0.1) is 6.92 Å². The number of carbonyl (C=O) groups excluding carboxylic acids is 1. The van der Waals surface area contributed by atoms with Crippen LogP contribution in [0.25, 0.3) is 0 Å². The van der Waals surface area contributed by atoms with Crippen molar-refractivity contribution in [1.82, 2.24) is 9.88 Å². The van der Waals surface area contributed by atoms with Gasteiger partial charge in [-0.3, -0.25) is 0 Å². The molecule has 2 N–H and O–H groups in total. The third-order valence-corrected chi connectivity index (χ3v) is 3.91. The molecule has 0 spiro atoms. The number of nitrogens with one attached hydrogen (secondary N) is 1. The second-order valence-corrected chi connectivity index (χ2v) is 5.86. The van der Waals surface area contributed by atoms with Gasteiger partial charge in [-0.05, 0) is 31.9 Å². The molecule has 1 aliphatic rings. The van der Waals surface area contributed by atoms with Gasteiger partial charge < -0.3 is 20.2 Å². The predicted molar refractivity (Wildman–Crippen MR) is 84.1 cm³/mol. The summed E-state index contributed by atoms with van der Waals surface area (Å²) < 4.78 is 37.0. The molecule has 1 aromatic rings. The second kappa shape index (κ2) is 7.25. The molecule has 24 heavy (non-hydrogen) atoms. The number of aromatic nitrogens is 1. The number of carbonyl (C=O) groups is 1. The first-order valence-corrected chi connectivity index (χ1v) is 7.68. The summed E-state index contributed by atoms with van der Waals surface area (Å²) >= 11 is 0. The summed E-state index contributed by atoms with van der Waals surface area (Å²) in [5.41, 5.74) is 1.01. The minimum atomic E-state index is -4.76. The van der Waals surface area contributed by atoms with Crippen LogP contribution in [0.5, 0.6) is 0 Å². The van der Waals surface area contributed by atoms with Crippen molar-refractivity contribution < 1.29 is 23.1 Å². The maximum absolute atomic E-state index is 12.3. The Morgan fingerprint density at radius 3 is 2.58 bits per heavy atom. The van der Waals surface area contributed by atoms with E-state index in [0.29, 0.717) is 11.4 Å².